The van der Waals surface area contributed by atoms with Gasteiger partial charge in [0.2, 0.25) is 6.10 Å². The summed E-state index contributed by atoms with van der Waals surface area (Å²) in [6, 6.07) is 12.0. The molecule has 2 aromatic carbocycles. The van der Waals surface area contributed by atoms with Crippen molar-refractivity contribution >= 4 is 17.7 Å². The summed E-state index contributed by atoms with van der Waals surface area (Å²) in [6.07, 6.45) is 0.740. The van der Waals surface area contributed by atoms with Crippen molar-refractivity contribution in [3.8, 4) is 11.5 Å². The predicted octanol–water partition coefficient (Wildman–Crippen LogP) is 4.10. The standard InChI is InChI=1S/C16H12ClNO4/c1-21-13-7-4-11-8-14(18(19)20)16(22-15(11)9-13)10-2-5-12(17)6-3-10/h2-9,16H,1H3/t16-/m1/s1. The minimum absolute atomic E-state index is 0.0139. The lowest BCUT2D eigenvalue weighted by Gasteiger charge is -2.23. The summed E-state index contributed by atoms with van der Waals surface area (Å²) < 4.78 is 11.0. The van der Waals surface area contributed by atoms with E-state index in [1.54, 1.807) is 49.6 Å². The average Bonchev–Trinajstić information content (AvgIpc) is 2.53. The average molecular weight is 318 g/mol. The molecule has 1 atom stereocenters. The fraction of sp³-hybridized carbons (Fsp3) is 0.125. The second-order valence-corrected chi connectivity index (χ2v) is 5.22. The highest BCUT2D eigenvalue weighted by atomic mass is 35.5. The quantitative estimate of drug-likeness (QED) is 0.631. The Balaban J connectivity index is 2.07. The van der Waals surface area contributed by atoms with Crippen molar-refractivity contribution in [2.75, 3.05) is 7.11 Å². The van der Waals surface area contributed by atoms with E-state index in [9.17, 15) is 10.1 Å². The van der Waals surface area contributed by atoms with E-state index >= 15 is 0 Å². The first kappa shape index (κ1) is 14.4. The monoisotopic (exact) mass is 317 g/mol. The van der Waals surface area contributed by atoms with Gasteiger partial charge < -0.3 is 9.47 Å². The van der Waals surface area contributed by atoms with Crippen LogP contribution in [-0.2, 0) is 0 Å². The highest BCUT2D eigenvalue weighted by Gasteiger charge is 2.33. The van der Waals surface area contributed by atoms with Gasteiger partial charge in [-0.25, -0.2) is 0 Å². The molecule has 0 aliphatic carbocycles. The summed E-state index contributed by atoms with van der Waals surface area (Å²) in [7, 11) is 1.56. The molecule has 5 nitrogen and oxygen atoms in total. The van der Waals surface area contributed by atoms with Crippen molar-refractivity contribution in [2.24, 2.45) is 0 Å². The van der Waals surface area contributed by atoms with Gasteiger partial charge in [0.05, 0.1) is 12.0 Å². The fourth-order valence-corrected chi connectivity index (χ4v) is 2.44. The molecule has 1 aliphatic rings. The third kappa shape index (κ3) is 2.63. The van der Waals surface area contributed by atoms with Crippen LogP contribution in [0.15, 0.2) is 48.2 Å². The maximum atomic E-state index is 11.3. The highest BCUT2D eigenvalue weighted by molar-refractivity contribution is 6.30. The Kier molecular flexibility index (Phi) is 3.73. The summed E-state index contributed by atoms with van der Waals surface area (Å²) in [5.41, 5.74) is 1.30. The number of rotatable bonds is 3. The van der Waals surface area contributed by atoms with Crippen LogP contribution in [0.4, 0.5) is 0 Å². The zero-order valence-electron chi connectivity index (χ0n) is 11.7. The number of fused-ring (bicyclic) bond motifs is 1. The van der Waals surface area contributed by atoms with E-state index in [-0.39, 0.29) is 5.70 Å². The predicted molar refractivity (Wildman–Crippen MR) is 82.8 cm³/mol. The molecule has 0 amide bonds. The van der Waals surface area contributed by atoms with Crippen molar-refractivity contribution < 1.29 is 14.4 Å². The van der Waals surface area contributed by atoms with Gasteiger partial charge in [-0.15, -0.1) is 0 Å². The molecule has 0 spiro atoms. The number of halogens is 1. The van der Waals surface area contributed by atoms with Crippen LogP contribution < -0.4 is 9.47 Å². The van der Waals surface area contributed by atoms with Gasteiger partial charge in [0.15, 0.2) is 0 Å². The number of hydrogen-bond acceptors (Lipinski definition) is 4. The van der Waals surface area contributed by atoms with E-state index in [4.69, 9.17) is 21.1 Å². The molecule has 6 heteroatoms. The summed E-state index contributed by atoms with van der Waals surface area (Å²) in [5.74, 6) is 1.18. The zero-order chi connectivity index (χ0) is 15.7. The van der Waals surface area contributed by atoms with Crippen molar-refractivity contribution in [3.05, 3.63) is 74.4 Å². The van der Waals surface area contributed by atoms with Gasteiger partial charge in [-0.2, -0.15) is 0 Å². The van der Waals surface area contributed by atoms with E-state index in [1.165, 1.54) is 6.08 Å². The van der Waals surface area contributed by atoms with Crippen molar-refractivity contribution in [3.63, 3.8) is 0 Å². The van der Waals surface area contributed by atoms with E-state index in [0.29, 0.717) is 27.6 Å². The number of hydrogen-bond donors (Lipinski definition) is 0. The molecule has 0 N–H and O–H groups in total. The van der Waals surface area contributed by atoms with Gasteiger partial charge in [0.1, 0.15) is 11.5 Å². The molecule has 0 aromatic heterocycles. The van der Waals surface area contributed by atoms with Crippen LogP contribution in [0, 0.1) is 10.1 Å². The molecule has 2 aromatic rings. The Bertz CT molecular complexity index is 755. The zero-order valence-corrected chi connectivity index (χ0v) is 12.4. The molecule has 0 bridgehead atoms. The molecular formula is C16H12ClNO4. The van der Waals surface area contributed by atoms with Crippen LogP contribution in [-0.4, -0.2) is 12.0 Å². The Hall–Kier alpha value is -2.53. The lowest BCUT2D eigenvalue weighted by molar-refractivity contribution is -0.434. The molecule has 1 aliphatic heterocycles. The maximum absolute atomic E-state index is 11.3. The summed E-state index contributed by atoms with van der Waals surface area (Å²) in [4.78, 5) is 10.9. The number of methoxy groups -OCH3 is 1. The van der Waals surface area contributed by atoms with Gasteiger partial charge in [-0.3, -0.25) is 10.1 Å². The first-order valence-electron chi connectivity index (χ1n) is 6.54. The Morgan fingerprint density at radius 2 is 1.95 bits per heavy atom. The lowest BCUT2D eigenvalue weighted by atomic mass is 10.0. The van der Waals surface area contributed by atoms with Crippen LogP contribution >= 0.6 is 11.6 Å². The van der Waals surface area contributed by atoms with Gasteiger partial charge in [0, 0.05) is 28.3 Å². The molecule has 3 rings (SSSR count). The molecular weight excluding hydrogens is 306 g/mol. The van der Waals surface area contributed by atoms with Crippen LogP contribution in [0.25, 0.3) is 6.08 Å². The topological polar surface area (TPSA) is 61.6 Å². The molecule has 0 radical (unpaired) electrons. The van der Waals surface area contributed by atoms with Crippen molar-refractivity contribution in [1.82, 2.24) is 0 Å². The molecule has 1 heterocycles. The van der Waals surface area contributed by atoms with Crippen LogP contribution in [0.1, 0.15) is 17.2 Å². The maximum Gasteiger partial charge on any atom is 0.291 e. The van der Waals surface area contributed by atoms with Crippen molar-refractivity contribution in [2.45, 2.75) is 6.10 Å². The highest BCUT2D eigenvalue weighted by Crippen LogP contribution is 2.39. The Labute approximate surface area is 131 Å². The number of nitrogens with zero attached hydrogens (tertiary/aromatic N) is 1. The van der Waals surface area contributed by atoms with E-state index in [1.807, 2.05) is 0 Å². The fourth-order valence-electron chi connectivity index (χ4n) is 2.31. The largest absolute Gasteiger partial charge is 0.497 e. The molecule has 0 fully saturated rings. The lowest BCUT2D eigenvalue weighted by Crippen LogP contribution is -2.19. The van der Waals surface area contributed by atoms with Crippen LogP contribution in [0.3, 0.4) is 0 Å². The van der Waals surface area contributed by atoms with Crippen molar-refractivity contribution in [1.29, 1.82) is 0 Å². The van der Waals surface area contributed by atoms with E-state index in [2.05, 4.69) is 0 Å². The number of benzene rings is 2. The third-order valence-corrected chi connectivity index (χ3v) is 3.67. The first-order valence-corrected chi connectivity index (χ1v) is 6.92. The molecule has 112 valence electrons. The normalized spacial score (nSPS) is 16.3. The summed E-state index contributed by atoms with van der Waals surface area (Å²) >= 11 is 5.86. The van der Waals surface area contributed by atoms with E-state index in [0.717, 1.165) is 0 Å². The molecule has 22 heavy (non-hydrogen) atoms. The SMILES string of the molecule is COc1ccc2c(c1)O[C@H](c1ccc(Cl)cc1)C([N+](=O)[O-])=C2. The molecule has 0 unspecified atom stereocenters. The Morgan fingerprint density at radius 1 is 1.23 bits per heavy atom. The van der Waals surface area contributed by atoms with Gasteiger partial charge in [-0.1, -0.05) is 23.7 Å². The second-order valence-electron chi connectivity index (χ2n) is 4.78. The number of nitro groups is 1. The molecule has 0 saturated carbocycles. The van der Waals surface area contributed by atoms with E-state index < -0.39 is 11.0 Å². The Morgan fingerprint density at radius 3 is 2.59 bits per heavy atom. The smallest absolute Gasteiger partial charge is 0.291 e. The van der Waals surface area contributed by atoms with Crippen LogP contribution in [0.2, 0.25) is 5.02 Å². The first-order chi connectivity index (χ1) is 10.6. The van der Waals surface area contributed by atoms with Gasteiger partial charge in [0.25, 0.3) is 5.70 Å². The summed E-state index contributed by atoms with van der Waals surface area (Å²) in [6.45, 7) is 0. The number of ether oxygens (including phenoxy) is 2. The minimum atomic E-state index is -0.785. The summed E-state index contributed by atoms with van der Waals surface area (Å²) in [5, 5.41) is 11.9. The second kappa shape index (κ2) is 5.69. The van der Waals surface area contributed by atoms with Crippen LogP contribution in [0.5, 0.6) is 11.5 Å². The minimum Gasteiger partial charge on any atom is -0.497 e. The third-order valence-electron chi connectivity index (χ3n) is 3.42. The van der Waals surface area contributed by atoms with Gasteiger partial charge in [-0.05, 0) is 24.3 Å². The van der Waals surface area contributed by atoms with Gasteiger partial charge >= 0.3 is 0 Å². The molecule has 0 saturated heterocycles.